The van der Waals surface area contributed by atoms with Crippen LogP contribution in [0, 0.1) is 5.41 Å². The van der Waals surface area contributed by atoms with Crippen molar-refractivity contribution < 1.29 is 141 Å². The van der Waals surface area contributed by atoms with Gasteiger partial charge in [-0.1, -0.05) is 59.3 Å². The molecule has 10 amide bonds. The number of amides is 10. The van der Waals surface area contributed by atoms with Gasteiger partial charge < -0.3 is 142 Å². The van der Waals surface area contributed by atoms with E-state index in [0.717, 1.165) is 44.9 Å². The Bertz CT molecular complexity index is 2620. The Balaban J connectivity index is 1.57. The highest BCUT2D eigenvalue weighted by Gasteiger charge is 2.48. The lowest BCUT2D eigenvalue weighted by Gasteiger charge is -2.42. The molecule has 3 aliphatic rings. The van der Waals surface area contributed by atoms with E-state index in [-0.39, 0.29) is 196 Å². The minimum Gasteiger partial charge on any atom is -0.394 e. The fourth-order valence-corrected chi connectivity index (χ4v) is 12.7. The predicted octanol–water partition coefficient (Wildman–Crippen LogP) is -3.16. The molecular formula is C77H138N10O29. The molecule has 0 aliphatic carbocycles. The zero-order chi connectivity index (χ0) is 85.9. The van der Waals surface area contributed by atoms with E-state index in [1.54, 1.807) is 0 Å². The first-order chi connectivity index (χ1) is 55.3. The number of nitrogens with one attached hydrogen (secondary N) is 10. The van der Waals surface area contributed by atoms with Crippen molar-refractivity contribution in [1.29, 1.82) is 0 Å². The molecule has 3 fully saturated rings. The number of carbonyl (C=O) groups excluding carboxylic acids is 11. The summed E-state index contributed by atoms with van der Waals surface area (Å²) < 4.78 is 52.2. The van der Waals surface area contributed by atoms with Gasteiger partial charge in [0.25, 0.3) is 0 Å². The first-order valence-electron chi connectivity index (χ1n) is 41.1. The summed E-state index contributed by atoms with van der Waals surface area (Å²) in [4.78, 5) is 139. The van der Waals surface area contributed by atoms with E-state index in [1.807, 2.05) is 20.8 Å². The van der Waals surface area contributed by atoms with E-state index in [0.29, 0.717) is 70.6 Å². The van der Waals surface area contributed by atoms with Crippen LogP contribution in [0.3, 0.4) is 0 Å². The molecule has 39 heteroatoms. The maximum Gasteiger partial charge on any atom is 0.222 e. The molecule has 39 nitrogen and oxygen atoms in total. The van der Waals surface area contributed by atoms with Gasteiger partial charge in [0.2, 0.25) is 59.1 Å². The Labute approximate surface area is 680 Å². The second kappa shape index (κ2) is 59.4. The number of rotatable bonds is 63. The topological polar surface area (TPSA) is 573 Å². The Hall–Kier alpha value is -6.35. The first-order valence-corrected chi connectivity index (χ1v) is 41.1. The van der Waals surface area contributed by atoms with Crippen LogP contribution in [-0.4, -0.2) is 327 Å². The van der Waals surface area contributed by atoms with E-state index in [9.17, 15) is 98.7 Å². The van der Waals surface area contributed by atoms with Crippen LogP contribution >= 0.6 is 0 Å². The van der Waals surface area contributed by atoms with Gasteiger partial charge in [-0.25, -0.2) is 0 Å². The Morgan fingerprint density at radius 1 is 0.310 bits per heavy atom. The molecule has 8 unspecified atom stereocenters. The van der Waals surface area contributed by atoms with Crippen molar-refractivity contribution in [1.82, 2.24) is 53.2 Å². The molecule has 0 radical (unpaired) electrons. The lowest BCUT2D eigenvalue weighted by Crippen LogP contribution is -2.64. The molecule has 15 atom stereocenters. The molecule has 0 saturated carbocycles. The Morgan fingerprint density at radius 2 is 0.560 bits per heavy atom. The number of hydrogen-bond acceptors (Lipinski definition) is 29. The largest absolute Gasteiger partial charge is 0.394 e. The van der Waals surface area contributed by atoms with Crippen LogP contribution in [-0.2, 0) is 95.4 Å². The molecule has 19 N–H and O–H groups in total. The summed E-state index contributed by atoms with van der Waals surface area (Å²) in [6, 6.07) is -3.28. The summed E-state index contributed by atoms with van der Waals surface area (Å²) in [5, 5.41) is 118. The average Bonchev–Trinajstić information content (AvgIpc) is 0.818. The molecule has 0 bridgehead atoms. The quantitative estimate of drug-likeness (QED) is 0.0267. The number of Topliss-reactive ketones (excluding diaryl/α,β-unsaturated/α-hetero) is 1. The third-order valence-corrected chi connectivity index (χ3v) is 19.3. The van der Waals surface area contributed by atoms with E-state index in [1.165, 1.54) is 20.8 Å². The number of unbranched alkanes of at least 4 members (excludes halogenated alkanes) is 10. The summed E-state index contributed by atoms with van der Waals surface area (Å²) >= 11 is 0. The van der Waals surface area contributed by atoms with Gasteiger partial charge in [-0.3, -0.25) is 52.7 Å². The second-order valence-corrected chi connectivity index (χ2v) is 30.7. The summed E-state index contributed by atoms with van der Waals surface area (Å²) in [5.41, 5.74) is -1.77. The zero-order valence-corrected chi connectivity index (χ0v) is 68.8. The van der Waals surface area contributed by atoms with Crippen LogP contribution < -0.4 is 53.2 Å². The maximum absolute atomic E-state index is 14.0. The fraction of sp³-hybridized carbons (Fsp3) is 0.857. The van der Waals surface area contributed by atoms with Crippen molar-refractivity contribution in [3.05, 3.63) is 0 Å². The van der Waals surface area contributed by atoms with Gasteiger partial charge in [0.05, 0.1) is 59.5 Å². The maximum atomic E-state index is 14.0. The highest BCUT2D eigenvalue weighted by Crippen LogP contribution is 2.27. The molecule has 0 spiro atoms. The number of carbonyl (C=O) groups is 11. The standard InChI is InChI=1S/C77H138N10O29/c1-50(91)84-64-70(105)67(102)53(44-88)114-73(64)111-38-18-15-25-57(95)78-32-21-35-81-60(98)29-41-108-47-77(87-63(101)28-14-12-10-8-7-9-11-13-24-56(94)76(4,5)6,48-109-42-30-61(99)82-36-22-33-79-58(96)26-16-19-39-112-74-65(85-51(2)92)71(106)68(103)54(45-89)115-74)49-110-43-31-62(100)83-37-23-34-80-59(97)27-17-20-40-113-75-66(86-52(3)93)72(107)69(104)55(46-90)116-75/h53-55,64-75,88-90,102-107H,7-49H2,1-6H3,(H,78,95)(H,79,96)(H,80,97)(H,81,98)(H,82,99)(H,83,100)(H,84,91)(H,85,92)(H,86,93)(H,87,101)/t53?,54?,55?,64-,65?,66?,67+,68+,69+,70?,71?,72?,73+,74+,75+,77?/m0/s1. The summed E-state index contributed by atoms with van der Waals surface area (Å²) in [6.45, 7) is 8.24. The van der Waals surface area contributed by atoms with Crippen molar-refractivity contribution in [2.45, 2.75) is 300 Å². The smallest absolute Gasteiger partial charge is 0.222 e. The van der Waals surface area contributed by atoms with Crippen molar-refractivity contribution in [3.8, 4) is 0 Å². The van der Waals surface area contributed by atoms with Crippen LogP contribution in [0.4, 0.5) is 0 Å². The third kappa shape index (κ3) is 43.6. The summed E-state index contributed by atoms with van der Waals surface area (Å²) in [7, 11) is 0. The number of ketones is 1. The molecule has 3 heterocycles. The highest BCUT2D eigenvalue weighted by molar-refractivity contribution is 5.83. The molecule has 3 rings (SSSR count). The minimum atomic E-state index is -1.46. The number of hydrogen-bond donors (Lipinski definition) is 19. The zero-order valence-electron chi connectivity index (χ0n) is 68.8. The first kappa shape index (κ1) is 104. The van der Waals surface area contributed by atoms with Crippen molar-refractivity contribution >= 4 is 64.9 Å². The summed E-state index contributed by atoms with van der Waals surface area (Å²) in [5.74, 6) is -3.42. The van der Waals surface area contributed by atoms with E-state index >= 15 is 0 Å². The second-order valence-electron chi connectivity index (χ2n) is 30.7. The molecule has 3 saturated heterocycles. The van der Waals surface area contributed by atoms with E-state index in [4.69, 9.17) is 42.6 Å². The number of ether oxygens (including phenoxy) is 9. The highest BCUT2D eigenvalue weighted by atomic mass is 16.7. The van der Waals surface area contributed by atoms with Crippen molar-refractivity contribution in [2.75, 3.05) is 119 Å². The molecule has 0 aromatic carbocycles. The van der Waals surface area contributed by atoms with Gasteiger partial charge in [-0.05, 0) is 70.6 Å². The molecule has 116 heavy (non-hydrogen) atoms. The van der Waals surface area contributed by atoms with E-state index in [2.05, 4.69) is 53.2 Å². The van der Waals surface area contributed by atoms with Gasteiger partial charge in [0, 0.05) is 137 Å². The monoisotopic (exact) mass is 1670 g/mol. The average molecular weight is 1670 g/mol. The van der Waals surface area contributed by atoms with Gasteiger partial charge in [-0.2, -0.15) is 0 Å². The molecule has 0 aromatic heterocycles. The summed E-state index contributed by atoms with van der Waals surface area (Å²) in [6.07, 6.45) is -4.29. The van der Waals surface area contributed by atoms with Gasteiger partial charge >= 0.3 is 0 Å². The van der Waals surface area contributed by atoms with Gasteiger partial charge in [0.15, 0.2) is 18.9 Å². The number of aliphatic hydroxyl groups excluding tert-OH is 9. The lowest BCUT2D eigenvalue weighted by atomic mass is 9.88. The van der Waals surface area contributed by atoms with Crippen LogP contribution in [0.15, 0.2) is 0 Å². The van der Waals surface area contributed by atoms with Crippen LogP contribution in [0.5, 0.6) is 0 Å². The molecule has 670 valence electrons. The Kier molecular flexibility index (Phi) is 53.1. The Morgan fingerprint density at radius 3 is 0.828 bits per heavy atom. The molecule has 0 aromatic rings. The minimum absolute atomic E-state index is 0.0792. The van der Waals surface area contributed by atoms with E-state index < -0.39 is 135 Å². The van der Waals surface area contributed by atoms with Gasteiger partial charge in [-0.15, -0.1) is 0 Å². The van der Waals surface area contributed by atoms with Crippen LogP contribution in [0.2, 0.25) is 0 Å². The molecule has 3 aliphatic heterocycles. The van der Waals surface area contributed by atoms with Gasteiger partial charge in [0.1, 0.15) is 84.4 Å². The van der Waals surface area contributed by atoms with Crippen LogP contribution in [0.1, 0.15) is 202 Å². The van der Waals surface area contributed by atoms with Crippen molar-refractivity contribution in [2.24, 2.45) is 5.41 Å². The fourth-order valence-electron chi connectivity index (χ4n) is 12.7. The normalized spacial score (nSPS) is 23.9. The van der Waals surface area contributed by atoms with Crippen molar-refractivity contribution in [3.63, 3.8) is 0 Å². The SMILES string of the molecule is CC(=O)NC1C(O)[C@H](O)C(CO)O[C@H]1OCCCCC(=O)NCCCNC(=O)CCOCC(COCCC(=O)NCCCNC(=O)CCCCO[C@@H]1OC(CO)[C@@H](O)C(O)C1NC(C)=O)(COCCC(=O)NCCCNC(=O)CCCCO[C@@H]1OC(CO)[C@@H](O)C(O)[C@@H]1NC(C)=O)NC(=O)CCCCCCCCCCC(=O)C(C)(C)C. The molecular weight excluding hydrogens is 1530 g/mol. The van der Waals surface area contributed by atoms with Crippen LogP contribution in [0.25, 0.3) is 0 Å². The lowest BCUT2D eigenvalue weighted by molar-refractivity contribution is -0.270. The predicted molar refractivity (Wildman–Crippen MR) is 415 cm³/mol. The third-order valence-electron chi connectivity index (χ3n) is 19.3. The number of aliphatic hydroxyl groups is 9.